The first-order chi connectivity index (χ1) is 18.9. The van der Waals surface area contributed by atoms with Crippen molar-refractivity contribution < 1.29 is 27.4 Å². The fraction of sp³-hybridized carbons (Fsp3) is 0.355. The van der Waals surface area contributed by atoms with Crippen molar-refractivity contribution in [1.29, 1.82) is 0 Å². The molecule has 9 heteroatoms. The molecule has 3 aromatic carbocycles. The lowest BCUT2D eigenvalue weighted by Gasteiger charge is -2.32. The molecule has 2 aliphatic rings. The zero-order valence-electron chi connectivity index (χ0n) is 22.9. The van der Waals surface area contributed by atoms with Crippen LogP contribution in [-0.4, -0.2) is 50.4 Å². The van der Waals surface area contributed by atoms with Crippen LogP contribution in [-0.2, 0) is 9.84 Å². The van der Waals surface area contributed by atoms with Crippen molar-refractivity contribution in [2.75, 3.05) is 26.0 Å². The second-order valence-corrected chi connectivity index (χ2v) is 13.3. The number of phenolic OH excluding ortho intramolecular Hbond substituents is 1. The van der Waals surface area contributed by atoms with Crippen molar-refractivity contribution in [3.8, 4) is 17.2 Å². The van der Waals surface area contributed by atoms with E-state index in [0.717, 1.165) is 36.2 Å². The van der Waals surface area contributed by atoms with E-state index in [9.17, 15) is 17.9 Å². The molecule has 0 amide bonds. The highest BCUT2D eigenvalue weighted by molar-refractivity contribution is 7.90. The third-order valence-corrected chi connectivity index (χ3v) is 9.20. The molecule has 2 aliphatic heterocycles. The summed E-state index contributed by atoms with van der Waals surface area (Å²) in [6.07, 6.45) is 1.67. The van der Waals surface area contributed by atoms with Gasteiger partial charge in [0.25, 0.3) is 0 Å². The van der Waals surface area contributed by atoms with Crippen molar-refractivity contribution in [2.45, 2.75) is 44.2 Å². The number of phenols is 1. The predicted molar refractivity (Wildman–Crippen MR) is 155 cm³/mol. The number of fused-ring (bicyclic) bond motifs is 1. The van der Waals surface area contributed by atoms with Gasteiger partial charge in [-0.2, -0.15) is 0 Å². The first kappa shape index (κ1) is 28.5. The summed E-state index contributed by atoms with van der Waals surface area (Å²) < 4.78 is 50.9. The van der Waals surface area contributed by atoms with Crippen molar-refractivity contribution in [1.82, 2.24) is 4.90 Å². The minimum atomic E-state index is -3.46. The molecule has 3 aromatic rings. The van der Waals surface area contributed by atoms with E-state index in [1.807, 2.05) is 31.2 Å². The van der Waals surface area contributed by atoms with Gasteiger partial charge < -0.3 is 14.6 Å². The molecule has 1 fully saturated rings. The fourth-order valence-electron chi connectivity index (χ4n) is 5.42. The quantitative estimate of drug-likeness (QED) is 0.330. The van der Waals surface area contributed by atoms with E-state index in [1.54, 1.807) is 6.07 Å². The second kappa shape index (κ2) is 11.1. The van der Waals surface area contributed by atoms with Crippen LogP contribution in [0.4, 0.5) is 4.39 Å². The number of allylic oxidation sites excluding steroid dienone is 1. The van der Waals surface area contributed by atoms with Crippen LogP contribution >= 0.6 is 11.6 Å². The van der Waals surface area contributed by atoms with Gasteiger partial charge in [-0.3, -0.25) is 4.90 Å². The number of hydrogen-bond donors (Lipinski definition) is 1. The third-order valence-electron chi connectivity index (χ3n) is 7.78. The lowest BCUT2D eigenvalue weighted by molar-refractivity contribution is 0.169. The van der Waals surface area contributed by atoms with Crippen LogP contribution in [0.15, 0.2) is 59.5 Å². The summed E-state index contributed by atoms with van der Waals surface area (Å²) in [5.74, 6) is 0.459. The fourth-order valence-corrected chi connectivity index (χ4v) is 6.41. The third kappa shape index (κ3) is 5.71. The standard InChI is InChI=1S/C31H33ClFNO5S/c1-18-11-12-34(16-18)19(2)17-38-22-7-5-21(6-8-22)31-30(24-10-9-23(13-26(24)32)40(4,36)37)20(3)25-14-28(35)27(33)15-29(25)39-31/h5-10,13-15,18-19,31,35H,11-12,16-17H2,1-4H3/t18-,19+,31?/m1/s1. The van der Waals surface area contributed by atoms with Crippen LogP contribution in [0.1, 0.15) is 50.0 Å². The largest absolute Gasteiger partial charge is 0.505 e. The van der Waals surface area contributed by atoms with Crippen LogP contribution in [0.3, 0.4) is 0 Å². The van der Waals surface area contributed by atoms with Crippen LogP contribution in [0.5, 0.6) is 17.2 Å². The molecule has 40 heavy (non-hydrogen) atoms. The Balaban J connectivity index is 1.48. The monoisotopic (exact) mass is 585 g/mol. The predicted octanol–water partition coefficient (Wildman–Crippen LogP) is 6.76. The molecule has 1 saturated heterocycles. The van der Waals surface area contributed by atoms with Gasteiger partial charge in [-0.1, -0.05) is 36.7 Å². The maximum absolute atomic E-state index is 14.3. The van der Waals surface area contributed by atoms with E-state index < -0.39 is 27.5 Å². The number of halogens is 2. The average Bonchev–Trinajstić information content (AvgIpc) is 3.35. The van der Waals surface area contributed by atoms with Crippen LogP contribution in [0, 0.1) is 11.7 Å². The van der Waals surface area contributed by atoms with Crippen molar-refractivity contribution >= 4 is 32.6 Å². The summed E-state index contributed by atoms with van der Waals surface area (Å²) in [7, 11) is -3.46. The van der Waals surface area contributed by atoms with Crippen molar-refractivity contribution in [3.63, 3.8) is 0 Å². The Hall–Kier alpha value is -3.07. The summed E-state index contributed by atoms with van der Waals surface area (Å²) in [5, 5.41) is 10.3. The van der Waals surface area contributed by atoms with Crippen molar-refractivity contribution in [3.05, 3.63) is 82.1 Å². The smallest absolute Gasteiger partial charge is 0.175 e. The van der Waals surface area contributed by atoms with E-state index in [0.29, 0.717) is 41.0 Å². The lowest BCUT2D eigenvalue weighted by atomic mass is 9.86. The summed E-state index contributed by atoms with van der Waals surface area (Å²) in [5.41, 5.74) is 3.31. The molecule has 6 nitrogen and oxygen atoms in total. The number of likely N-dealkylation sites (tertiary alicyclic amines) is 1. The van der Waals surface area contributed by atoms with Crippen LogP contribution in [0.2, 0.25) is 5.02 Å². The van der Waals surface area contributed by atoms with Gasteiger partial charge in [0.15, 0.2) is 21.4 Å². The molecule has 2 heterocycles. The van der Waals surface area contributed by atoms with Gasteiger partial charge in [0.1, 0.15) is 24.2 Å². The van der Waals surface area contributed by atoms with Gasteiger partial charge in [0.2, 0.25) is 0 Å². The van der Waals surface area contributed by atoms with E-state index in [1.165, 1.54) is 30.7 Å². The number of nitrogens with zero attached hydrogens (tertiary/aromatic N) is 1. The second-order valence-electron chi connectivity index (χ2n) is 10.9. The molecular weight excluding hydrogens is 553 g/mol. The van der Waals surface area contributed by atoms with Crippen LogP contribution < -0.4 is 9.47 Å². The zero-order chi connectivity index (χ0) is 28.8. The van der Waals surface area contributed by atoms with Gasteiger partial charge in [0, 0.05) is 46.6 Å². The van der Waals surface area contributed by atoms with Gasteiger partial charge in [-0.25, -0.2) is 12.8 Å². The number of aromatic hydroxyl groups is 1. The first-order valence-electron chi connectivity index (χ1n) is 13.3. The number of rotatable bonds is 7. The number of sulfone groups is 1. The molecule has 5 rings (SSSR count). The Morgan fingerprint density at radius 3 is 2.50 bits per heavy atom. The molecule has 0 radical (unpaired) electrons. The van der Waals surface area contributed by atoms with Gasteiger partial charge in [-0.15, -0.1) is 0 Å². The number of benzene rings is 3. The van der Waals surface area contributed by atoms with E-state index in [-0.39, 0.29) is 9.92 Å². The minimum absolute atomic E-state index is 0.104. The SMILES string of the molecule is CC1=C(c2ccc(S(C)(=O)=O)cc2Cl)C(c2ccc(OC[C@H](C)N3CC[C@@H](C)C3)cc2)Oc2cc(F)c(O)cc21. The lowest BCUT2D eigenvalue weighted by Crippen LogP contribution is -2.35. The van der Waals surface area contributed by atoms with Gasteiger partial charge in [-0.05, 0) is 74.2 Å². The maximum atomic E-state index is 14.3. The van der Waals surface area contributed by atoms with E-state index in [4.69, 9.17) is 21.1 Å². The molecule has 0 spiro atoms. The van der Waals surface area contributed by atoms with Gasteiger partial charge >= 0.3 is 0 Å². The Labute approximate surface area is 239 Å². The zero-order valence-corrected chi connectivity index (χ0v) is 24.5. The number of hydrogen-bond acceptors (Lipinski definition) is 6. The molecule has 1 N–H and O–H groups in total. The highest BCUT2D eigenvalue weighted by Gasteiger charge is 2.32. The molecule has 0 bridgehead atoms. The summed E-state index contributed by atoms with van der Waals surface area (Å²) in [6, 6.07) is 14.9. The Bertz CT molecular complexity index is 1570. The normalized spacial score (nSPS) is 20.2. The molecular formula is C31H33ClFNO5S. The molecule has 0 saturated carbocycles. The molecule has 3 atom stereocenters. The summed E-state index contributed by atoms with van der Waals surface area (Å²) >= 11 is 6.64. The Morgan fingerprint density at radius 2 is 1.88 bits per heavy atom. The first-order valence-corrected chi connectivity index (χ1v) is 15.6. The highest BCUT2D eigenvalue weighted by Crippen LogP contribution is 2.49. The number of ether oxygens (including phenoxy) is 2. The molecule has 212 valence electrons. The molecule has 1 unspecified atom stereocenters. The highest BCUT2D eigenvalue weighted by atomic mass is 35.5. The average molecular weight is 586 g/mol. The Kier molecular flexibility index (Phi) is 7.88. The molecule has 0 aromatic heterocycles. The Morgan fingerprint density at radius 1 is 1.15 bits per heavy atom. The van der Waals surface area contributed by atoms with E-state index >= 15 is 0 Å². The van der Waals surface area contributed by atoms with Gasteiger partial charge in [0.05, 0.1) is 4.90 Å². The topological polar surface area (TPSA) is 76.1 Å². The maximum Gasteiger partial charge on any atom is 0.175 e. The molecule has 0 aliphatic carbocycles. The van der Waals surface area contributed by atoms with Crippen molar-refractivity contribution in [2.24, 2.45) is 5.92 Å². The van der Waals surface area contributed by atoms with E-state index in [2.05, 4.69) is 18.7 Å². The summed E-state index contributed by atoms with van der Waals surface area (Å²) in [4.78, 5) is 2.55. The summed E-state index contributed by atoms with van der Waals surface area (Å²) in [6.45, 7) is 9.05. The van der Waals surface area contributed by atoms with Crippen LogP contribution in [0.25, 0.3) is 11.1 Å². The minimum Gasteiger partial charge on any atom is -0.505 e.